The highest BCUT2D eigenvalue weighted by atomic mass is 15.1. The van der Waals surface area contributed by atoms with Crippen molar-refractivity contribution < 1.29 is 0 Å². The Balaban J connectivity index is 2.10. The first-order valence-electron chi connectivity index (χ1n) is 7.35. The van der Waals surface area contributed by atoms with Crippen molar-refractivity contribution in [2.75, 3.05) is 11.1 Å². The molecule has 0 atom stereocenters. The van der Waals surface area contributed by atoms with E-state index in [2.05, 4.69) is 67.2 Å². The number of nitrogen functional groups attached to an aromatic ring is 1. The Kier molecular flexibility index (Phi) is 4.46. The van der Waals surface area contributed by atoms with Crippen molar-refractivity contribution in [3.8, 4) is 0 Å². The summed E-state index contributed by atoms with van der Waals surface area (Å²) in [7, 11) is 0. The van der Waals surface area contributed by atoms with Crippen LogP contribution in [0, 0.1) is 0 Å². The van der Waals surface area contributed by atoms with Gasteiger partial charge in [0, 0.05) is 18.0 Å². The van der Waals surface area contributed by atoms with Gasteiger partial charge in [-0.15, -0.1) is 0 Å². The van der Waals surface area contributed by atoms with Crippen LogP contribution in [0.5, 0.6) is 0 Å². The predicted molar refractivity (Wildman–Crippen MR) is 88.3 cm³/mol. The van der Waals surface area contributed by atoms with E-state index < -0.39 is 0 Å². The van der Waals surface area contributed by atoms with Crippen LogP contribution < -0.4 is 11.1 Å². The lowest BCUT2D eigenvalue weighted by molar-refractivity contribution is 0.547. The van der Waals surface area contributed by atoms with Crippen LogP contribution in [0.15, 0.2) is 30.3 Å². The third-order valence-corrected chi connectivity index (χ3v) is 3.32. The van der Waals surface area contributed by atoms with Crippen LogP contribution in [-0.4, -0.2) is 9.97 Å². The minimum Gasteiger partial charge on any atom is -0.384 e. The molecule has 4 nitrogen and oxygen atoms in total. The van der Waals surface area contributed by atoms with E-state index in [4.69, 9.17) is 5.73 Å². The lowest BCUT2D eigenvalue weighted by atomic mass is 9.96. The Hall–Kier alpha value is -2.10. The molecule has 4 heteroatoms. The predicted octanol–water partition coefficient (Wildman–Crippen LogP) is 3.53. The van der Waals surface area contributed by atoms with Gasteiger partial charge in [-0.05, 0) is 17.5 Å². The van der Waals surface area contributed by atoms with Crippen molar-refractivity contribution >= 4 is 11.6 Å². The molecule has 112 valence electrons. The fraction of sp³-hybridized carbons (Fsp3) is 0.412. The zero-order valence-electron chi connectivity index (χ0n) is 13.3. The quantitative estimate of drug-likeness (QED) is 0.901. The van der Waals surface area contributed by atoms with E-state index in [1.807, 2.05) is 0 Å². The standard InChI is InChI=1S/C17H24N4/c1-5-12-6-8-13(9-7-12)11-19-15-10-14(18)20-16(21-15)17(2,3)4/h6-10H,5,11H2,1-4H3,(H3,18,19,20,21). The summed E-state index contributed by atoms with van der Waals surface area (Å²) in [6, 6.07) is 10.4. The Labute approximate surface area is 126 Å². The van der Waals surface area contributed by atoms with E-state index in [-0.39, 0.29) is 5.41 Å². The summed E-state index contributed by atoms with van der Waals surface area (Å²) in [4.78, 5) is 8.86. The number of rotatable bonds is 4. The molecule has 0 spiro atoms. The van der Waals surface area contributed by atoms with Crippen molar-refractivity contribution in [1.82, 2.24) is 9.97 Å². The first kappa shape index (κ1) is 15.3. The second-order valence-corrected chi connectivity index (χ2v) is 6.28. The molecule has 3 N–H and O–H groups in total. The Bertz CT molecular complexity index is 597. The van der Waals surface area contributed by atoms with E-state index in [0.717, 1.165) is 24.6 Å². The molecule has 1 aromatic carbocycles. The average Bonchev–Trinajstić information content (AvgIpc) is 2.44. The first-order chi connectivity index (χ1) is 9.88. The zero-order valence-corrected chi connectivity index (χ0v) is 13.3. The molecule has 0 saturated heterocycles. The van der Waals surface area contributed by atoms with Crippen LogP contribution in [0.2, 0.25) is 0 Å². The summed E-state index contributed by atoms with van der Waals surface area (Å²) in [5, 5.41) is 3.32. The lowest BCUT2D eigenvalue weighted by Crippen LogP contribution is -2.18. The van der Waals surface area contributed by atoms with Gasteiger partial charge in [-0.1, -0.05) is 52.0 Å². The summed E-state index contributed by atoms with van der Waals surface area (Å²) in [5.74, 6) is 2.03. The van der Waals surface area contributed by atoms with E-state index in [9.17, 15) is 0 Å². The molecule has 0 aliphatic rings. The number of anilines is 2. The molecule has 0 aliphatic carbocycles. The summed E-state index contributed by atoms with van der Waals surface area (Å²) in [6.07, 6.45) is 1.06. The van der Waals surface area contributed by atoms with Crippen molar-refractivity contribution in [3.05, 3.63) is 47.3 Å². The maximum atomic E-state index is 5.87. The van der Waals surface area contributed by atoms with Crippen LogP contribution in [-0.2, 0) is 18.4 Å². The van der Waals surface area contributed by atoms with Crippen LogP contribution in [0.3, 0.4) is 0 Å². The fourth-order valence-electron chi connectivity index (χ4n) is 1.98. The van der Waals surface area contributed by atoms with Crippen molar-refractivity contribution in [2.45, 2.75) is 46.1 Å². The number of hydrogen-bond acceptors (Lipinski definition) is 4. The van der Waals surface area contributed by atoms with Gasteiger partial charge < -0.3 is 11.1 Å². The molecule has 21 heavy (non-hydrogen) atoms. The van der Waals surface area contributed by atoms with Gasteiger partial charge in [-0.3, -0.25) is 0 Å². The van der Waals surface area contributed by atoms with Crippen LogP contribution in [0.1, 0.15) is 44.6 Å². The molecule has 0 fully saturated rings. The topological polar surface area (TPSA) is 63.8 Å². The summed E-state index contributed by atoms with van der Waals surface area (Å²) < 4.78 is 0. The average molecular weight is 284 g/mol. The molecule has 0 radical (unpaired) electrons. The fourth-order valence-corrected chi connectivity index (χ4v) is 1.98. The van der Waals surface area contributed by atoms with Gasteiger partial charge in [0.2, 0.25) is 0 Å². The molecule has 2 rings (SSSR count). The highest BCUT2D eigenvalue weighted by molar-refractivity contribution is 5.45. The molecule has 0 unspecified atom stereocenters. The van der Waals surface area contributed by atoms with Gasteiger partial charge >= 0.3 is 0 Å². The summed E-state index contributed by atoms with van der Waals surface area (Å²) >= 11 is 0. The highest BCUT2D eigenvalue weighted by Crippen LogP contribution is 2.21. The lowest BCUT2D eigenvalue weighted by Gasteiger charge is -2.18. The number of benzene rings is 1. The molecular formula is C17H24N4. The highest BCUT2D eigenvalue weighted by Gasteiger charge is 2.18. The van der Waals surface area contributed by atoms with Gasteiger partial charge in [-0.25, -0.2) is 9.97 Å². The molecule has 0 bridgehead atoms. The molecule has 0 saturated carbocycles. The van der Waals surface area contributed by atoms with Crippen molar-refractivity contribution in [3.63, 3.8) is 0 Å². The van der Waals surface area contributed by atoms with Gasteiger partial charge in [0.25, 0.3) is 0 Å². The second-order valence-electron chi connectivity index (χ2n) is 6.28. The Morgan fingerprint density at radius 2 is 1.67 bits per heavy atom. The minimum atomic E-state index is -0.116. The third kappa shape index (κ3) is 4.18. The smallest absolute Gasteiger partial charge is 0.138 e. The van der Waals surface area contributed by atoms with Gasteiger partial charge in [0.05, 0.1) is 0 Å². The molecular weight excluding hydrogens is 260 g/mol. The SMILES string of the molecule is CCc1ccc(CNc2cc(N)nc(C(C)(C)C)n2)cc1. The molecule has 2 aromatic rings. The molecule has 1 heterocycles. The number of aryl methyl sites for hydroxylation is 1. The van der Waals surface area contributed by atoms with Crippen LogP contribution >= 0.6 is 0 Å². The number of nitrogens with two attached hydrogens (primary N) is 1. The van der Waals surface area contributed by atoms with Crippen LogP contribution in [0.25, 0.3) is 0 Å². The Morgan fingerprint density at radius 1 is 1.05 bits per heavy atom. The van der Waals surface area contributed by atoms with E-state index >= 15 is 0 Å². The van der Waals surface area contributed by atoms with E-state index in [0.29, 0.717) is 5.82 Å². The Morgan fingerprint density at radius 3 is 2.24 bits per heavy atom. The van der Waals surface area contributed by atoms with Gasteiger partial charge in [0.15, 0.2) is 0 Å². The summed E-state index contributed by atoms with van der Waals surface area (Å²) in [6.45, 7) is 9.12. The van der Waals surface area contributed by atoms with Crippen molar-refractivity contribution in [1.29, 1.82) is 0 Å². The minimum absolute atomic E-state index is 0.116. The number of nitrogens with zero attached hydrogens (tertiary/aromatic N) is 2. The van der Waals surface area contributed by atoms with Crippen molar-refractivity contribution in [2.24, 2.45) is 0 Å². The molecule has 0 aliphatic heterocycles. The van der Waals surface area contributed by atoms with Crippen LogP contribution in [0.4, 0.5) is 11.6 Å². The largest absolute Gasteiger partial charge is 0.384 e. The second kappa shape index (κ2) is 6.12. The third-order valence-electron chi connectivity index (χ3n) is 3.32. The maximum absolute atomic E-state index is 5.87. The number of nitrogens with one attached hydrogen (secondary N) is 1. The number of aromatic nitrogens is 2. The van der Waals surface area contributed by atoms with E-state index in [1.165, 1.54) is 11.1 Å². The normalized spacial score (nSPS) is 11.4. The van der Waals surface area contributed by atoms with Gasteiger partial charge in [0.1, 0.15) is 17.5 Å². The maximum Gasteiger partial charge on any atom is 0.138 e. The number of hydrogen-bond donors (Lipinski definition) is 2. The first-order valence-corrected chi connectivity index (χ1v) is 7.35. The zero-order chi connectivity index (χ0) is 15.5. The molecule has 1 aromatic heterocycles. The summed E-state index contributed by atoms with van der Waals surface area (Å²) in [5.41, 5.74) is 8.33. The van der Waals surface area contributed by atoms with Gasteiger partial charge in [-0.2, -0.15) is 0 Å². The van der Waals surface area contributed by atoms with E-state index in [1.54, 1.807) is 6.07 Å². The molecule has 0 amide bonds. The monoisotopic (exact) mass is 284 g/mol.